The maximum absolute atomic E-state index is 11.0. The highest BCUT2D eigenvalue weighted by atomic mass is 16.1. The van der Waals surface area contributed by atoms with Crippen LogP contribution in [0.15, 0.2) is 12.3 Å². The third-order valence-corrected chi connectivity index (χ3v) is 2.65. The first-order chi connectivity index (χ1) is 8.41. The van der Waals surface area contributed by atoms with Gasteiger partial charge in [-0.3, -0.25) is 4.79 Å². The van der Waals surface area contributed by atoms with Crippen molar-refractivity contribution in [1.29, 1.82) is 0 Å². The number of nitrogens with two attached hydrogens (primary N) is 2. The molecule has 0 aliphatic heterocycles. The number of amides is 1. The molecule has 0 atom stereocenters. The van der Waals surface area contributed by atoms with Crippen LogP contribution in [0, 0.1) is 6.92 Å². The zero-order valence-electron chi connectivity index (χ0n) is 10.6. The standard InChI is InChI=1S/C11H16N6O/c1-6(2)17-11(9(12)7(3)14-17)16-5-4-8(15-16)10(13)18/h4-6H,12H2,1-3H3,(H2,13,18). The minimum absolute atomic E-state index is 0.136. The van der Waals surface area contributed by atoms with Crippen LogP contribution in [0.5, 0.6) is 0 Å². The molecule has 0 aromatic carbocycles. The maximum Gasteiger partial charge on any atom is 0.269 e. The smallest absolute Gasteiger partial charge is 0.269 e. The molecule has 0 bridgehead atoms. The van der Waals surface area contributed by atoms with E-state index in [1.165, 1.54) is 4.68 Å². The van der Waals surface area contributed by atoms with E-state index in [1.807, 2.05) is 20.8 Å². The number of carbonyl (C=O) groups is 1. The number of aromatic nitrogens is 4. The molecule has 0 fully saturated rings. The minimum atomic E-state index is -0.570. The Labute approximate surface area is 104 Å². The summed E-state index contributed by atoms with van der Waals surface area (Å²) in [6, 6.07) is 1.69. The van der Waals surface area contributed by atoms with Gasteiger partial charge in [-0.05, 0) is 26.8 Å². The van der Waals surface area contributed by atoms with Gasteiger partial charge in [-0.25, -0.2) is 9.36 Å². The van der Waals surface area contributed by atoms with Crippen LogP contribution in [0.25, 0.3) is 5.82 Å². The summed E-state index contributed by atoms with van der Waals surface area (Å²) in [5, 5.41) is 8.45. The van der Waals surface area contributed by atoms with Crippen molar-refractivity contribution in [2.45, 2.75) is 26.8 Å². The molecule has 0 aliphatic rings. The van der Waals surface area contributed by atoms with Gasteiger partial charge in [0.15, 0.2) is 5.82 Å². The third-order valence-electron chi connectivity index (χ3n) is 2.65. The van der Waals surface area contributed by atoms with Gasteiger partial charge in [0.2, 0.25) is 0 Å². The summed E-state index contributed by atoms with van der Waals surface area (Å²) in [6.45, 7) is 5.82. The monoisotopic (exact) mass is 248 g/mol. The van der Waals surface area contributed by atoms with E-state index in [0.717, 1.165) is 5.69 Å². The van der Waals surface area contributed by atoms with Crippen molar-refractivity contribution in [2.75, 3.05) is 5.73 Å². The molecule has 2 heterocycles. The molecule has 7 heteroatoms. The van der Waals surface area contributed by atoms with E-state index >= 15 is 0 Å². The Balaban J connectivity index is 2.58. The van der Waals surface area contributed by atoms with E-state index in [9.17, 15) is 4.79 Å². The Bertz CT molecular complexity index is 595. The molecule has 96 valence electrons. The first kappa shape index (κ1) is 12.2. The van der Waals surface area contributed by atoms with Crippen molar-refractivity contribution in [3.05, 3.63) is 23.7 Å². The molecule has 4 N–H and O–H groups in total. The van der Waals surface area contributed by atoms with Gasteiger partial charge in [-0.15, -0.1) is 0 Å². The fourth-order valence-electron chi connectivity index (χ4n) is 1.71. The summed E-state index contributed by atoms with van der Waals surface area (Å²) in [7, 11) is 0. The molecule has 0 aliphatic carbocycles. The quantitative estimate of drug-likeness (QED) is 0.831. The molecule has 1 amide bonds. The highest BCUT2D eigenvalue weighted by molar-refractivity contribution is 5.90. The fraction of sp³-hybridized carbons (Fsp3) is 0.364. The van der Waals surface area contributed by atoms with Crippen molar-refractivity contribution in [3.8, 4) is 5.82 Å². The number of hydrogen-bond donors (Lipinski definition) is 2. The summed E-state index contributed by atoms with van der Waals surface area (Å²) in [5.41, 5.74) is 12.6. The fourth-order valence-corrected chi connectivity index (χ4v) is 1.71. The molecule has 2 rings (SSSR count). The average Bonchev–Trinajstić information content (AvgIpc) is 2.85. The van der Waals surface area contributed by atoms with Gasteiger partial charge in [0.1, 0.15) is 5.69 Å². The highest BCUT2D eigenvalue weighted by Crippen LogP contribution is 2.23. The van der Waals surface area contributed by atoms with Gasteiger partial charge in [-0.2, -0.15) is 10.2 Å². The predicted octanol–water partition coefficient (Wildman–Crippen LogP) is 0.639. The second-order valence-corrected chi connectivity index (χ2v) is 4.37. The Morgan fingerprint density at radius 1 is 1.39 bits per heavy atom. The van der Waals surface area contributed by atoms with Crippen LogP contribution in [0.4, 0.5) is 5.69 Å². The minimum Gasteiger partial charge on any atom is -0.394 e. The zero-order valence-corrected chi connectivity index (χ0v) is 10.6. The Morgan fingerprint density at radius 3 is 2.56 bits per heavy atom. The molecule has 0 spiro atoms. The van der Waals surface area contributed by atoms with Gasteiger partial charge in [-0.1, -0.05) is 0 Å². The van der Waals surface area contributed by atoms with Gasteiger partial charge in [0, 0.05) is 12.2 Å². The topological polar surface area (TPSA) is 105 Å². The molecule has 18 heavy (non-hydrogen) atoms. The van der Waals surface area contributed by atoms with Gasteiger partial charge in [0.25, 0.3) is 5.91 Å². The summed E-state index contributed by atoms with van der Waals surface area (Å²) in [4.78, 5) is 11.0. The molecular weight excluding hydrogens is 232 g/mol. The van der Waals surface area contributed by atoms with Crippen LogP contribution in [0.3, 0.4) is 0 Å². The van der Waals surface area contributed by atoms with Crippen molar-refractivity contribution >= 4 is 11.6 Å². The third kappa shape index (κ3) is 1.83. The maximum atomic E-state index is 11.0. The van der Waals surface area contributed by atoms with E-state index in [0.29, 0.717) is 11.5 Å². The number of primary amides is 1. The number of anilines is 1. The normalized spacial score (nSPS) is 11.1. The average molecular weight is 248 g/mol. The molecule has 2 aromatic heterocycles. The lowest BCUT2D eigenvalue weighted by atomic mass is 10.3. The Hall–Kier alpha value is -2.31. The number of rotatable bonds is 3. The number of hydrogen-bond acceptors (Lipinski definition) is 4. The summed E-state index contributed by atoms with van der Waals surface area (Å²) in [5.74, 6) is 0.0784. The van der Waals surface area contributed by atoms with Crippen molar-refractivity contribution in [1.82, 2.24) is 19.6 Å². The molecule has 2 aromatic rings. The lowest BCUT2D eigenvalue weighted by Gasteiger charge is -2.11. The molecule has 0 unspecified atom stereocenters. The second-order valence-electron chi connectivity index (χ2n) is 4.37. The van der Waals surface area contributed by atoms with Crippen LogP contribution < -0.4 is 11.5 Å². The van der Waals surface area contributed by atoms with Gasteiger partial charge >= 0.3 is 0 Å². The summed E-state index contributed by atoms with van der Waals surface area (Å²) >= 11 is 0. The van der Waals surface area contributed by atoms with Crippen molar-refractivity contribution < 1.29 is 4.79 Å². The number of aryl methyl sites for hydroxylation is 1. The number of nitrogen functional groups attached to an aromatic ring is 1. The molecule has 0 saturated heterocycles. The van der Waals surface area contributed by atoms with E-state index in [1.54, 1.807) is 16.9 Å². The number of carbonyl (C=O) groups excluding carboxylic acids is 1. The molecular formula is C11H16N6O. The second kappa shape index (κ2) is 4.17. The van der Waals surface area contributed by atoms with E-state index < -0.39 is 5.91 Å². The van der Waals surface area contributed by atoms with Crippen LogP contribution in [0.2, 0.25) is 0 Å². The lowest BCUT2D eigenvalue weighted by molar-refractivity contribution is 0.0995. The van der Waals surface area contributed by atoms with E-state index in [2.05, 4.69) is 10.2 Å². The largest absolute Gasteiger partial charge is 0.394 e. The van der Waals surface area contributed by atoms with E-state index in [-0.39, 0.29) is 11.7 Å². The van der Waals surface area contributed by atoms with Crippen LogP contribution >= 0.6 is 0 Å². The Kier molecular flexibility index (Phi) is 2.82. The van der Waals surface area contributed by atoms with Crippen molar-refractivity contribution in [3.63, 3.8) is 0 Å². The predicted molar refractivity (Wildman–Crippen MR) is 67.4 cm³/mol. The summed E-state index contributed by atoms with van der Waals surface area (Å²) in [6.07, 6.45) is 1.64. The number of nitrogens with zero attached hydrogens (tertiary/aromatic N) is 4. The highest BCUT2D eigenvalue weighted by Gasteiger charge is 2.18. The zero-order chi connectivity index (χ0) is 13.4. The molecule has 0 saturated carbocycles. The van der Waals surface area contributed by atoms with E-state index in [4.69, 9.17) is 11.5 Å². The Morgan fingerprint density at radius 2 is 2.06 bits per heavy atom. The lowest BCUT2D eigenvalue weighted by Crippen LogP contribution is -2.14. The SMILES string of the molecule is Cc1nn(C(C)C)c(-n2ccc(C(N)=O)n2)c1N. The molecule has 0 radical (unpaired) electrons. The first-order valence-electron chi connectivity index (χ1n) is 5.62. The van der Waals surface area contributed by atoms with Crippen LogP contribution in [-0.2, 0) is 0 Å². The van der Waals surface area contributed by atoms with Gasteiger partial charge < -0.3 is 11.5 Å². The van der Waals surface area contributed by atoms with Crippen LogP contribution in [-0.4, -0.2) is 25.5 Å². The summed E-state index contributed by atoms with van der Waals surface area (Å²) < 4.78 is 3.29. The molecule has 7 nitrogen and oxygen atoms in total. The van der Waals surface area contributed by atoms with Gasteiger partial charge in [0.05, 0.1) is 11.4 Å². The van der Waals surface area contributed by atoms with Crippen molar-refractivity contribution in [2.24, 2.45) is 5.73 Å². The first-order valence-corrected chi connectivity index (χ1v) is 5.62. The van der Waals surface area contributed by atoms with Crippen LogP contribution in [0.1, 0.15) is 36.1 Å².